The minimum atomic E-state index is -0.885. The third kappa shape index (κ3) is 1.49. The van der Waals surface area contributed by atoms with Crippen LogP contribution in [0.2, 0.25) is 0 Å². The molecule has 0 spiro atoms. The third-order valence-electron chi connectivity index (χ3n) is 2.15. The van der Waals surface area contributed by atoms with E-state index in [1.807, 2.05) is 0 Å². The Kier molecular flexibility index (Phi) is 2.23. The first-order chi connectivity index (χ1) is 6.68. The van der Waals surface area contributed by atoms with Crippen molar-refractivity contribution in [3.05, 3.63) is 30.2 Å². The number of aliphatic hydroxyl groups excluding tert-OH is 2. The molecule has 2 N–H and O–H groups in total. The zero-order valence-electron chi connectivity index (χ0n) is 7.71. The summed E-state index contributed by atoms with van der Waals surface area (Å²) in [7, 11) is 0. The van der Waals surface area contributed by atoms with Gasteiger partial charge in [-0.25, -0.2) is 4.98 Å². The topological polar surface area (TPSA) is 66.5 Å². The van der Waals surface area contributed by atoms with Crippen molar-refractivity contribution in [3.63, 3.8) is 0 Å². The van der Waals surface area contributed by atoms with E-state index in [4.69, 9.17) is 4.42 Å². The molecule has 0 amide bonds. The summed E-state index contributed by atoms with van der Waals surface area (Å²) < 4.78 is 5.08. The Balaban J connectivity index is 2.43. The molecule has 0 aliphatic carbocycles. The minimum absolute atomic E-state index is 0.613. The fourth-order valence-electron chi connectivity index (χ4n) is 1.33. The van der Waals surface area contributed by atoms with Gasteiger partial charge in [-0.1, -0.05) is 6.07 Å². The van der Waals surface area contributed by atoms with Gasteiger partial charge in [0, 0.05) is 0 Å². The number of fused-ring (bicyclic) bond motifs is 1. The van der Waals surface area contributed by atoms with Crippen LogP contribution in [0, 0.1) is 0 Å². The number of aliphatic hydroxyl groups is 2. The number of aromatic nitrogens is 1. The molecule has 0 aliphatic heterocycles. The lowest BCUT2D eigenvalue weighted by molar-refractivity contribution is 0.0306. The second-order valence-corrected chi connectivity index (χ2v) is 3.26. The Morgan fingerprint density at radius 1 is 1.36 bits per heavy atom. The predicted octanol–water partition coefficient (Wildman–Crippen LogP) is 1.24. The quantitative estimate of drug-likeness (QED) is 0.753. The van der Waals surface area contributed by atoms with Crippen LogP contribution in [-0.4, -0.2) is 21.3 Å². The van der Waals surface area contributed by atoms with Crippen LogP contribution in [0.3, 0.4) is 0 Å². The smallest absolute Gasteiger partial charge is 0.181 e. The van der Waals surface area contributed by atoms with Gasteiger partial charge >= 0.3 is 0 Å². The molecule has 1 aromatic heterocycles. The molecular formula is C10H11NO3. The number of hydrogen-bond acceptors (Lipinski definition) is 4. The average molecular weight is 193 g/mol. The molecule has 0 aliphatic rings. The highest BCUT2D eigenvalue weighted by molar-refractivity contribution is 5.72. The van der Waals surface area contributed by atoms with Gasteiger partial charge in [0.25, 0.3) is 0 Å². The highest BCUT2D eigenvalue weighted by Gasteiger charge is 2.14. The zero-order chi connectivity index (χ0) is 10.1. The largest absolute Gasteiger partial charge is 0.443 e. The lowest BCUT2D eigenvalue weighted by Gasteiger charge is -2.13. The van der Waals surface area contributed by atoms with E-state index < -0.39 is 12.2 Å². The van der Waals surface area contributed by atoms with E-state index in [-0.39, 0.29) is 0 Å². The van der Waals surface area contributed by atoms with E-state index >= 15 is 0 Å². The average Bonchev–Trinajstić information content (AvgIpc) is 2.62. The number of hydrogen-bond donors (Lipinski definition) is 2. The molecule has 0 saturated carbocycles. The normalized spacial score (nSPS) is 15.6. The van der Waals surface area contributed by atoms with Crippen molar-refractivity contribution in [2.45, 2.75) is 19.1 Å². The van der Waals surface area contributed by atoms with Crippen LogP contribution in [0.15, 0.2) is 29.0 Å². The molecule has 0 saturated heterocycles. The maximum atomic E-state index is 9.58. The van der Waals surface area contributed by atoms with E-state index in [2.05, 4.69) is 4.98 Å². The van der Waals surface area contributed by atoms with Gasteiger partial charge in [0.1, 0.15) is 11.6 Å². The summed E-state index contributed by atoms with van der Waals surface area (Å²) in [5, 5.41) is 18.8. The number of benzene rings is 1. The SMILES string of the molecule is CC(O)C(O)c1ccc2ncoc2c1. The molecule has 74 valence electrons. The van der Waals surface area contributed by atoms with Crippen LogP contribution in [0.1, 0.15) is 18.6 Å². The van der Waals surface area contributed by atoms with E-state index in [9.17, 15) is 10.2 Å². The van der Waals surface area contributed by atoms with Crippen LogP contribution >= 0.6 is 0 Å². The van der Waals surface area contributed by atoms with Gasteiger partial charge in [-0.05, 0) is 24.6 Å². The van der Waals surface area contributed by atoms with Crippen molar-refractivity contribution in [2.75, 3.05) is 0 Å². The Bertz CT molecular complexity index is 436. The van der Waals surface area contributed by atoms with Crippen LogP contribution in [0.25, 0.3) is 11.1 Å². The lowest BCUT2D eigenvalue weighted by Crippen LogP contribution is -2.13. The molecule has 2 rings (SSSR count). The summed E-state index contributed by atoms with van der Waals surface area (Å²) in [4.78, 5) is 3.95. The number of oxazole rings is 1. The second kappa shape index (κ2) is 3.40. The van der Waals surface area contributed by atoms with Crippen LogP contribution in [-0.2, 0) is 0 Å². The molecule has 2 atom stereocenters. The predicted molar refractivity (Wildman–Crippen MR) is 50.6 cm³/mol. The van der Waals surface area contributed by atoms with Gasteiger partial charge in [-0.3, -0.25) is 0 Å². The van der Waals surface area contributed by atoms with Crippen molar-refractivity contribution < 1.29 is 14.6 Å². The molecule has 4 nitrogen and oxygen atoms in total. The van der Waals surface area contributed by atoms with E-state index in [0.29, 0.717) is 11.1 Å². The molecule has 2 aromatic rings. The summed E-state index contributed by atoms with van der Waals surface area (Å²) in [6, 6.07) is 5.15. The van der Waals surface area contributed by atoms with Gasteiger partial charge in [0.15, 0.2) is 12.0 Å². The van der Waals surface area contributed by atoms with Crippen molar-refractivity contribution in [2.24, 2.45) is 0 Å². The standard InChI is InChI=1S/C10H11NO3/c1-6(12)10(13)7-2-3-8-9(4-7)14-5-11-8/h2-6,10,12-13H,1H3. The molecular weight excluding hydrogens is 182 g/mol. The van der Waals surface area contributed by atoms with Gasteiger partial charge in [0.2, 0.25) is 0 Å². The van der Waals surface area contributed by atoms with E-state index in [1.54, 1.807) is 18.2 Å². The van der Waals surface area contributed by atoms with Crippen LogP contribution in [0.5, 0.6) is 0 Å². The Labute approximate surface area is 80.8 Å². The first-order valence-corrected chi connectivity index (χ1v) is 4.38. The first kappa shape index (κ1) is 9.18. The van der Waals surface area contributed by atoms with E-state index in [1.165, 1.54) is 13.3 Å². The molecule has 2 unspecified atom stereocenters. The van der Waals surface area contributed by atoms with Crippen molar-refractivity contribution >= 4 is 11.1 Å². The van der Waals surface area contributed by atoms with Crippen LogP contribution in [0.4, 0.5) is 0 Å². The molecule has 0 radical (unpaired) electrons. The number of rotatable bonds is 2. The van der Waals surface area contributed by atoms with Gasteiger partial charge in [-0.15, -0.1) is 0 Å². The minimum Gasteiger partial charge on any atom is -0.443 e. The highest BCUT2D eigenvalue weighted by atomic mass is 16.3. The Morgan fingerprint density at radius 3 is 2.86 bits per heavy atom. The summed E-state index contributed by atoms with van der Waals surface area (Å²) in [6.07, 6.45) is -0.330. The summed E-state index contributed by atoms with van der Waals surface area (Å²) in [5.74, 6) is 0. The zero-order valence-corrected chi connectivity index (χ0v) is 7.71. The van der Waals surface area contributed by atoms with Crippen molar-refractivity contribution in [1.29, 1.82) is 0 Å². The maximum Gasteiger partial charge on any atom is 0.181 e. The monoisotopic (exact) mass is 193 g/mol. The van der Waals surface area contributed by atoms with Crippen LogP contribution < -0.4 is 0 Å². The molecule has 1 heterocycles. The van der Waals surface area contributed by atoms with Gasteiger partial charge < -0.3 is 14.6 Å². The van der Waals surface area contributed by atoms with Crippen molar-refractivity contribution in [1.82, 2.24) is 4.98 Å². The fraction of sp³-hybridized carbons (Fsp3) is 0.300. The molecule has 0 fully saturated rings. The summed E-state index contributed by atoms with van der Waals surface area (Å²) in [5.41, 5.74) is 1.98. The Hall–Kier alpha value is -1.39. The first-order valence-electron chi connectivity index (χ1n) is 4.38. The van der Waals surface area contributed by atoms with E-state index in [0.717, 1.165) is 5.52 Å². The third-order valence-corrected chi connectivity index (χ3v) is 2.15. The number of nitrogens with zero attached hydrogens (tertiary/aromatic N) is 1. The van der Waals surface area contributed by atoms with Gasteiger partial charge in [-0.2, -0.15) is 0 Å². The molecule has 14 heavy (non-hydrogen) atoms. The Morgan fingerprint density at radius 2 is 2.14 bits per heavy atom. The van der Waals surface area contributed by atoms with Gasteiger partial charge in [0.05, 0.1) is 6.10 Å². The second-order valence-electron chi connectivity index (χ2n) is 3.26. The fourth-order valence-corrected chi connectivity index (χ4v) is 1.33. The maximum absolute atomic E-state index is 9.58. The molecule has 1 aromatic carbocycles. The summed E-state index contributed by atoms with van der Waals surface area (Å²) >= 11 is 0. The lowest BCUT2D eigenvalue weighted by atomic mass is 10.1. The molecule has 0 bridgehead atoms. The summed E-state index contributed by atoms with van der Waals surface area (Å²) in [6.45, 7) is 1.54. The van der Waals surface area contributed by atoms with Crippen molar-refractivity contribution in [3.8, 4) is 0 Å². The molecule has 4 heteroatoms. The highest BCUT2D eigenvalue weighted by Crippen LogP contribution is 2.21.